The molecule has 6 heteroatoms. The molecule has 6 nitrogen and oxygen atoms in total. The van der Waals surface area contributed by atoms with E-state index in [1.165, 1.54) is 5.56 Å². The molecule has 1 atom stereocenters. The quantitative estimate of drug-likeness (QED) is 0.539. The highest BCUT2D eigenvalue weighted by molar-refractivity contribution is 6.10. The first-order valence-corrected chi connectivity index (χ1v) is 10.9. The van der Waals surface area contributed by atoms with E-state index < -0.39 is 23.4 Å². The Morgan fingerprint density at radius 3 is 2.44 bits per heavy atom. The first-order chi connectivity index (χ1) is 15.4. The van der Waals surface area contributed by atoms with Gasteiger partial charge in [0.25, 0.3) is 5.91 Å². The zero-order valence-corrected chi connectivity index (χ0v) is 18.4. The number of benzene rings is 3. The minimum Gasteiger partial charge on any atom is -0.325 e. The minimum absolute atomic E-state index is 0.342. The zero-order chi connectivity index (χ0) is 22.7. The number of aryl methyl sites for hydroxylation is 1. The Morgan fingerprint density at radius 2 is 1.72 bits per heavy atom. The molecule has 0 aromatic heterocycles. The maximum Gasteiger partial charge on any atom is 0.325 e. The van der Waals surface area contributed by atoms with Gasteiger partial charge in [-0.05, 0) is 59.9 Å². The Balaban J connectivity index is 1.45. The maximum absolute atomic E-state index is 13.2. The number of nitrogens with zero attached hydrogens (tertiary/aromatic N) is 1. The molecule has 164 valence electrons. The summed E-state index contributed by atoms with van der Waals surface area (Å²) in [6.07, 6.45) is 3.25. The fraction of sp³-hybridized carbons (Fsp3) is 0.269. The lowest BCUT2D eigenvalue weighted by molar-refractivity contribution is -0.133. The number of anilines is 1. The van der Waals surface area contributed by atoms with Crippen LogP contribution in [0, 0.1) is 0 Å². The minimum atomic E-state index is -1.22. The van der Waals surface area contributed by atoms with Gasteiger partial charge < -0.3 is 10.6 Å². The Hall–Kier alpha value is -3.67. The molecule has 4 rings (SSSR count). The lowest BCUT2D eigenvalue weighted by Gasteiger charge is -2.22. The molecule has 0 radical (unpaired) electrons. The normalized spacial score (nSPS) is 18.1. The molecule has 3 aromatic rings. The first-order valence-electron chi connectivity index (χ1n) is 10.9. The SMILES string of the molecule is CCCCc1ccc(NC(=O)CN2C(=O)NC(C)(c3ccc4ccccc4c3)C2=O)cc1. The summed E-state index contributed by atoms with van der Waals surface area (Å²) in [6, 6.07) is 20.6. The van der Waals surface area contributed by atoms with Gasteiger partial charge in [-0.25, -0.2) is 4.79 Å². The summed E-state index contributed by atoms with van der Waals surface area (Å²) in [6.45, 7) is 3.48. The van der Waals surface area contributed by atoms with E-state index in [0.717, 1.165) is 34.9 Å². The number of unbranched alkanes of at least 4 members (excludes halogenated alkanes) is 1. The van der Waals surface area contributed by atoms with Gasteiger partial charge in [-0.1, -0.05) is 61.9 Å². The van der Waals surface area contributed by atoms with Gasteiger partial charge in [0.2, 0.25) is 5.91 Å². The number of hydrogen-bond donors (Lipinski definition) is 2. The van der Waals surface area contributed by atoms with Crippen LogP contribution in [0.4, 0.5) is 10.5 Å². The molecule has 3 aromatic carbocycles. The van der Waals surface area contributed by atoms with Gasteiger partial charge in [0.05, 0.1) is 0 Å². The predicted octanol–water partition coefficient (Wildman–Crippen LogP) is 4.59. The highest BCUT2D eigenvalue weighted by Crippen LogP contribution is 2.31. The van der Waals surface area contributed by atoms with E-state index in [9.17, 15) is 14.4 Å². The number of rotatable bonds is 7. The van der Waals surface area contributed by atoms with Crippen molar-refractivity contribution in [2.45, 2.75) is 38.6 Å². The van der Waals surface area contributed by atoms with Gasteiger partial charge >= 0.3 is 6.03 Å². The Labute approximate surface area is 187 Å². The first kappa shape index (κ1) is 21.6. The van der Waals surface area contributed by atoms with Crippen molar-refractivity contribution in [3.05, 3.63) is 77.9 Å². The molecule has 1 heterocycles. The average Bonchev–Trinajstić information content (AvgIpc) is 3.02. The summed E-state index contributed by atoms with van der Waals surface area (Å²) in [5.41, 5.74) is 1.31. The summed E-state index contributed by atoms with van der Waals surface area (Å²) in [4.78, 5) is 39.3. The maximum atomic E-state index is 13.2. The molecule has 1 aliphatic rings. The van der Waals surface area contributed by atoms with Crippen molar-refractivity contribution in [1.82, 2.24) is 10.2 Å². The smallest absolute Gasteiger partial charge is 0.325 e. The van der Waals surface area contributed by atoms with Crippen LogP contribution in [-0.2, 0) is 21.5 Å². The average molecular weight is 430 g/mol. The topological polar surface area (TPSA) is 78.5 Å². The second kappa shape index (κ2) is 8.83. The van der Waals surface area contributed by atoms with Crippen LogP contribution in [0.1, 0.15) is 37.8 Å². The molecule has 1 saturated heterocycles. The van der Waals surface area contributed by atoms with Crippen molar-refractivity contribution < 1.29 is 14.4 Å². The molecule has 1 aliphatic heterocycles. The van der Waals surface area contributed by atoms with Crippen molar-refractivity contribution in [2.75, 3.05) is 11.9 Å². The summed E-state index contributed by atoms with van der Waals surface area (Å²) >= 11 is 0. The van der Waals surface area contributed by atoms with Crippen molar-refractivity contribution in [3.8, 4) is 0 Å². The van der Waals surface area contributed by atoms with Crippen molar-refractivity contribution in [2.24, 2.45) is 0 Å². The number of amides is 4. The molecule has 1 fully saturated rings. The third-order valence-corrected chi connectivity index (χ3v) is 5.96. The molecule has 0 bridgehead atoms. The van der Waals surface area contributed by atoms with Gasteiger partial charge in [-0.3, -0.25) is 14.5 Å². The van der Waals surface area contributed by atoms with E-state index >= 15 is 0 Å². The van der Waals surface area contributed by atoms with Gasteiger partial charge in [-0.2, -0.15) is 0 Å². The second-order valence-electron chi connectivity index (χ2n) is 8.36. The molecule has 0 spiro atoms. The summed E-state index contributed by atoms with van der Waals surface area (Å²) in [5.74, 6) is -0.861. The number of carbonyl (C=O) groups is 3. The molecule has 1 unspecified atom stereocenters. The molecule has 0 saturated carbocycles. The molecule has 4 amide bonds. The third kappa shape index (κ3) is 4.21. The van der Waals surface area contributed by atoms with Crippen LogP contribution in [0.3, 0.4) is 0 Å². The van der Waals surface area contributed by atoms with Gasteiger partial charge in [0, 0.05) is 5.69 Å². The van der Waals surface area contributed by atoms with Gasteiger partial charge in [0.1, 0.15) is 12.1 Å². The standard InChI is InChI=1S/C26H27N3O3/c1-3-4-7-18-10-14-22(15-11-18)27-23(30)17-29-24(31)26(2,28-25(29)32)21-13-12-19-8-5-6-9-20(19)16-21/h5-6,8-16H,3-4,7,17H2,1-2H3,(H,27,30)(H,28,32). The molecule has 2 N–H and O–H groups in total. The van der Waals surface area contributed by atoms with E-state index in [4.69, 9.17) is 0 Å². The Bertz CT molecular complexity index is 1170. The largest absolute Gasteiger partial charge is 0.325 e. The van der Waals surface area contributed by atoms with Crippen molar-refractivity contribution in [3.63, 3.8) is 0 Å². The van der Waals surface area contributed by atoms with Crippen LogP contribution in [0.2, 0.25) is 0 Å². The zero-order valence-electron chi connectivity index (χ0n) is 18.4. The summed E-state index contributed by atoms with van der Waals surface area (Å²) in [5, 5.41) is 7.56. The van der Waals surface area contributed by atoms with Crippen LogP contribution in [0.25, 0.3) is 10.8 Å². The predicted molar refractivity (Wildman–Crippen MR) is 125 cm³/mol. The van der Waals surface area contributed by atoms with Gasteiger partial charge in [0.15, 0.2) is 0 Å². The van der Waals surface area contributed by atoms with Crippen LogP contribution >= 0.6 is 0 Å². The van der Waals surface area contributed by atoms with E-state index in [1.807, 2.05) is 66.7 Å². The van der Waals surface area contributed by atoms with Gasteiger partial charge in [-0.15, -0.1) is 0 Å². The fourth-order valence-electron chi connectivity index (χ4n) is 4.02. The molecule has 0 aliphatic carbocycles. The highest BCUT2D eigenvalue weighted by atomic mass is 16.2. The van der Waals surface area contributed by atoms with E-state index in [2.05, 4.69) is 17.6 Å². The highest BCUT2D eigenvalue weighted by Gasteiger charge is 2.49. The second-order valence-corrected chi connectivity index (χ2v) is 8.36. The number of urea groups is 1. The Morgan fingerprint density at radius 1 is 1.00 bits per heavy atom. The van der Waals surface area contributed by atoms with E-state index in [0.29, 0.717) is 11.3 Å². The molecular formula is C26H27N3O3. The Kier molecular flexibility index (Phi) is 5.95. The van der Waals surface area contributed by atoms with Crippen LogP contribution in [0.5, 0.6) is 0 Å². The fourth-order valence-corrected chi connectivity index (χ4v) is 4.02. The molecule has 32 heavy (non-hydrogen) atoms. The number of carbonyl (C=O) groups excluding carboxylic acids is 3. The lowest BCUT2D eigenvalue weighted by Crippen LogP contribution is -2.42. The van der Waals surface area contributed by atoms with Crippen LogP contribution in [-0.4, -0.2) is 29.3 Å². The summed E-state index contributed by atoms with van der Waals surface area (Å²) < 4.78 is 0. The number of hydrogen-bond acceptors (Lipinski definition) is 3. The van der Waals surface area contributed by atoms with Crippen LogP contribution < -0.4 is 10.6 Å². The number of imide groups is 1. The van der Waals surface area contributed by atoms with E-state index in [1.54, 1.807) is 6.92 Å². The third-order valence-electron chi connectivity index (χ3n) is 5.96. The number of nitrogens with one attached hydrogen (secondary N) is 2. The number of fused-ring (bicyclic) bond motifs is 1. The summed E-state index contributed by atoms with van der Waals surface area (Å²) in [7, 11) is 0. The molecular weight excluding hydrogens is 402 g/mol. The van der Waals surface area contributed by atoms with Crippen molar-refractivity contribution in [1.29, 1.82) is 0 Å². The van der Waals surface area contributed by atoms with Crippen LogP contribution in [0.15, 0.2) is 66.7 Å². The van der Waals surface area contributed by atoms with E-state index in [-0.39, 0.29) is 6.54 Å². The van der Waals surface area contributed by atoms with Crippen molar-refractivity contribution >= 4 is 34.3 Å². The lowest BCUT2D eigenvalue weighted by atomic mass is 9.90. The monoisotopic (exact) mass is 429 g/mol.